The molecule has 0 aliphatic carbocycles. The number of rotatable bonds is 2. The fourth-order valence-electron chi connectivity index (χ4n) is 1.58. The molecule has 2 rings (SSSR count). The van der Waals surface area contributed by atoms with Gasteiger partial charge in [-0.25, -0.2) is 0 Å². The van der Waals surface area contributed by atoms with Crippen molar-refractivity contribution in [2.45, 2.75) is 32.8 Å². The summed E-state index contributed by atoms with van der Waals surface area (Å²) < 4.78 is 11.4. The van der Waals surface area contributed by atoms with Gasteiger partial charge in [0.05, 0.1) is 0 Å². The summed E-state index contributed by atoms with van der Waals surface area (Å²) >= 11 is 4.22. The van der Waals surface area contributed by atoms with E-state index in [1.165, 1.54) is 5.56 Å². The average Bonchev–Trinajstić information content (AvgIpc) is 2.14. The van der Waals surface area contributed by atoms with Gasteiger partial charge in [-0.1, -0.05) is 45.0 Å². The molecule has 0 bridgehead atoms. The number of thiol groups is 1. The molecule has 2 nitrogen and oxygen atoms in total. The van der Waals surface area contributed by atoms with Crippen LogP contribution in [0.4, 0.5) is 0 Å². The van der Waals surface area contributed by atoms with E-state index < -0.39 is 0 Å². The maximum atomic E-state index is 5.72. The first-order valence-electron chi connectivity index (χ1n) is 5.51. The molecule has 0 radical (unpaired) electrons. The number of hydrogen-bond donors (Lipinski definition) is 1. The smallest absolute Gasteiger partial charge is 0.382 e. The molecule has 1 aliphatic rings. The molecule has 4 heteroatoms. The van der Waals surface area contributed by atoms with Gasteiger partial charge in [-0.3, -0.25) is 0 Å². The molecule has 0 atom stereocenters. The Hall–Kier alpha value is -0.445. The highest BCUT2D eigenvalue weighted by atomic mass is 32.1. The van der Waals surface area contributed by atoms with Gasteiger partial charge in [-0.2, -0.15) is 12.6 Å². The van der Waals surface area contributed by atoms with Crippen LogP contribution in [-0.4, -0.2) is 13.4 Å². The van der Waals surface area contributed by atoms with Crippen molar-refractivity contribution in [3.05, 3.63) is 29.8 Å². The topological polar surface area (TPSA) is 18.5 Å². The molecule has 0 spiro atoms. The second-order valence-electron chi connectivity index (χ2n) is 5.20. The first kappa shape index (κ1) is 12.0. The third-order valence-electron chi connectivity index (χ3n) is 2.64. The molecule has 1 aromatic carbocycles. The van der Waals surface area contributed by atoms with Gasteiger partial charge in [0.1, 0.15) is 6.29 Å². The predicted molar refractivity (Wildman–Crippen MR) is 69.9 cm³/mol. The lowest BCUT2D eigenvalue weighted by Crippen LogP contribution is -2.57. The Balaban J connectivity index is 1.96. The Labute approximate surface area is 103 Å². The first-order chi connectivity index (χ1) is 7.50. The summed E-state index contributed by atoms with van der Waals surface area (Å²) in [6.45, 7) is 6.33. The average molecular weight is 236 g/mol. The Kier molecular flexibility index (Phi) is 3.33. The normalized spacial score (nSPS) is 17.4. The summed E-state index contributed by atoms with van der Waals surface area (Å²) in [6, 6.07) is 8.18. The molecule has 0 unspecified atom stereocenters. The fraction of sp³-hybridized carbons (Fsp3) is 0.500. The van der Waals surface area contributed by atoms with Crippen molar-refractivity contribution >= 4 is 25.2 Å². The van der Waals surface area contributed by atoms with Crippen LogP contribution in [-0.2, 0) is 15.1 Å². The maximum absolute atomic E-state index is 5.72. The highest BCUT2D eigenvalue weighted by Crippen LogP contribution is 2.30. The van der Waals surface area contributed by atoms with E-state index >= 15 is 0 Å². The van der Waals surface area contributed by atoms with Gasteiger partial charge < -0.3 is 9.31 Å². The van der Waals surface area contributed by atoms with Crippen LogP contribution in [0.5, 0.6) is 0 Å². The second kappa shape index (κ2) is 4.44. The zero-order valence-electron chi connectivity index (χ0n) is 9.93. The summed E-state index contributed by atoms with van der Waals surface area (Å²) in [7, 11) is -0.196. The van der Waals surface area contributed by atoms with Gasteiger partial charge in [-0.05, 0) is 11.0 Å². The van der Waals surface area contributed by atoms with Crippen LogP contribution in [0.2, 0.25) is 0 Å². The Morgan fingerprint density at radius 2 is 1.75 bits per heavy atom. The molecular weight excluding hydrogens is 219 g/mol. The highest BCUT2D eigenvalue weighted by Gasteiger charge is 2.44. The monoisotopic (exact) mass is 236 g/mol. The van der Waals surface area contributed by atoms with Gasteiger partial charge >= 0.3 is 7.12 Å². The minimum absolute atomic E-state index is 0.0432. The summed E-state index contributed by atoms with van der Waals surface area (Å²) in [5, 5.41) is 0. The van der Waals surface area contributed by atoms with Crippen LogP contribution in [0.3, 0.4) is 0 Å². The van der Waals surface area contributed by atoms with Crippen LogP contribution in [0.15, 0.2) is 24.3 Å². The fourth-order valence-corrected chi connectivity index (χ4v) is 1.79. The third kappa shape index (κ3) is 2.45. The van der Waals surface area contributed by atoms with Crippen molar-refractivity contribution in [3.63, 3.8) is 0 Å². The third-order valence-corrected chi connectivity index (χ3v) is 3.00. The lowest BCUT2D eigenvalue weighted by atomic mass is 9.74. The van der Waals surface area contributed by atoms with Crippen LogP contribution in [0.1, 0.15) is 26.3 Å². The zero-order chi connectivity index (χ0) is 11.8. The quantitative estimate of drug-likeness (QED) is 0.627. The zero-order valence-corrected chi connectivity index (χ0v) is 10.8. The van der Waals surface area contributed by atoms with Crippen LogP contribution in [0, 0.1) is 5.41 Å². The van der Waals surface area contributed by atoms with E-state index in [0.29, 0.717) is 0 Å². The first-order valence-corrected chi connectivity index (χ1v) is 6.14. The molecule has 0 N–H and O–H groups in total. The Morgan fingerprint density at radius 1 is 1.19 bits per heavy atom. The lowest BCUT2D eigenvalue weighted by Gasteiger charge is -2.42. The number of hydrogen-bond acceptors (Lipinski definition) is 3. The van der Waals surface area contributed by atoms with E-state index in [-0.39, 0.29) is 18.8 Å². The van der Waals surface area contributed by atoms with Crippen LogP contribution >= 0.6 is 12.6 Å². The minimum atomic E-state index is -0.196. The van der Waals surface area contributed by atoms with Gasteiger partial charge in [0.15, 0.2) is 0 Å². The predicted octanol–water partition coefficient (Wildman–Crippen LogP) is 2.23. The standard InChI is InChI=1S/C12H17BO2S/c1-12(2,3)11-14-13(15-11)10-6-4-9(8-16)5-7-10/h4-7,11,16H,8H2,1-3H3. The van der Waals surface area contributed by atoms with Gasteiger partial charge in [0.25, 0.3) is 0 Å². The van der Waals surface area contributed by atoms with Gasteiger partial charge in [0, 0.05) is 11.2 Å². The van der Waals surface area contributed by atoms with Gasteiger partial charge in [0.2, 0.25) is 0 Å². The molecule has 1 saturated heterocycles. The molecule has 86 valence electrons. The number of benzene rings is 1. The molecule has 1 aliphatic heterocycles. The van der Waals surface area contributed by atoms with Gasteiger partial charge in [-0.15, -0.1) is 0 Å². The molecule has 1 heterocycles. The molecule has 16 heavy (non-hydrogen) atoms. The molecule has 0 saturated carbocycles. The van der Waals surface area contributed by atoms with Crippen molar-refractivity contribution in [1.82, 2.24) is 0 Å². The summed E-state index contributed by atoms with van der Waals surface area (Å²) in [6.07, 6.45) is -0.0953. The van der Waals surface area contributed by atoms with E-state index in [9.17, 15) is 0 Å². The SMILES string of the molecule is CC(C)(C)C1OB(c2ccc(CS)cc2)O1. The largest absolute Gasteiger partial charge is 0.497 e. The van der Waals surface area contributed by atoms with E-state index in [4.69, 9.17) is 9.31 Å². The molecule has 0 aromatic heterocycles. The van der Waals surface area contributed by atoms with Crippen molar-refractivity contribution in [3.8, 4) is 0 Å². The highest BCUT2D eigenvalue weighted by molar-refractivity contribution is 7.79. The van der Waals surface area contributed by atoms with Crippen molar-refractivity contribution < 1.29 is 9.31 Å². The Morgan fingerprint density at radius 3 is 2.19 bits per heavy atom. The van der Waals surface area contributed by atoms with Crippen LogP contribution < -0.4 is 5.46 Å². The summed E-state index contributed by atoms with van der Waals surface area (Å²) in [5.74, 6) is 0.761. The Bertz CT molecular complexity index is 352. The second-order valence-corrected chi connectivity index (χ2v) is 5.52. The van der Waals surface area contributed by atoms with Crippen molar-refractivity contribution in [2.75, 3.05) is 0 Å². The van der Waals surface area contributed by atoms with E-state index in [2.05, 4.69) is 45.5 Å². The van der Waals surface area contributed by atoms with Crippen molar-refractivity contribution in [1.29, 1.82) is 0 Å². The maximum Gasteiger partial charge on any atom is 0.497 e. The molecule has 1 aromatic rings. The lowest BCUT2D eigenvalue weighted by molar-refractivity contribution is -0.167. The van der Waals surface area contributed by atoms with E-state index in [1.54, 1.807) is 0 Å². The summed E-state index contributed by atoms with van der Waals surface area (Å²) in [4.78, 5) is 0. The van der Waals surface area contributed by atoms with Crippen molar-refractivity contribution in [2.24, 2.45) is 5.41 Å². The molecular formula is C12H17BO2S. The molecule has 1 fully saturated rings. The van der Waals surface area contributed by atoms with E-state index in [1.807, 2.05) is 12.1 Å². The molecule has 0 amide bonds. The summed E-state index contributed by atoms with van der Waals surface area (Å²) in [5.41, 5.74) is 2.33. The minimum Gasteiger partial charge on any atom is -0.382 e. The van der Waals surface area contributed by atoms with Crippen LogP contribution in [0.25, 0.3) is 0 Å². The van der Waals surface area contributed by atoms with E-state index in [0.717, 1.165) is 11.2 Å².